The number of carbonyl (C=O) groups is 1. The Kier molecular flexibility index (Phi) is 3.59. The van der Waals surface area contributed by atoms with E-state index in [4.69, 9.17) is 16.3 Å². The molecule has 0 unspecified atom stereocenters. The molecule has 0 bridgehead atoms. The average Bonchev–Trinajstić information content (AvgIpc) is 2.85. The molecule has 0 aliphatic carbocycles. The monoisotopic (exact) mass is 300 g/mol. The molecule has 0 atom stereocenters. The lowest BCUT2D eigenvalue weighted by atomic mass is 10.1. The van der Waals surface area contributed by atoms with Crippen LogP contribution in [0, 0.1) is 5.82 Å². The summed E-state index contributed by atoms with van der Waals surface area (Å²) in [6.07, 6.45) is 2.98. The maximum atomic E-state index is 13.7. The van der Waals surface area contributed by atoms with Crippen LogP contribution in [0.1, 0.15) is 11.1 Å². The number of halogens is 2. The molecule has 0 saturated heterocycles. The average molecular weight is 301 g/mol. The van der Waals surface area contributed by atoms with E-state index in [1.54, 1.807) is 12.1 Å². The van der Waals surface area contributed by atoms with Gasteiger partial charge in [0.1, 0.15) is 11.6 Å². The SMILES string of the molecule is O=C1OC(c2ccccc2)=C/C1=C\c1c(F)cccc1Cl. The third kappa shape index (κ3) is 2.73. The van der Waals surface area contributed by atoms with Crippen LogP contribution in [-0.4, -0.2) is 5.97 Å². The summed E-state index contributed by atoms with van der Waals surface area (Å²) in [7, 11) is 0. The van der Waals surface area contributed by atoms with Gasteiger partial charge in [-0.2, -0.15) is 0 Å². The van der Waals surface area contributed by atoms with E-state index < -0.39 is 11.8 Å². The van der Waals surface area contributed by atoms with Crippen molar-refractivity contribution < 1.29 is 13.9 Å². The molecule has 2 nitrogen and oxygen atoms in total. The Bertz CT molecular complexity index is 743. The van der Waals surface area contributed by atoms with Crippen molar-refractivity contribution in [1.82, 2.24) is 0 Å². The van der Waals surface area contributed by atoms with Gasteiger partial charge in [0.25, 0.3) is 0 Å². The minimum absolute atomic E-state index is 0.177. The smallest absolute Gasteiger partial charge is 0.343 e. The van der Waals surface area contributed by atoms with Gasteiger partial charge in [0.05, 0.1) is 10.6 Å². The zero-order valence-electron chi connectivity index (χ0n) is 10.8. The molecule has 1 aliphatic heterocycles. The van der Waals surface area contributed by atoms with E-state index in [1.807, 2.05) is 30.3 Å². The van der Waals surface area contributed by atoms with Crippen LogP contribution in [0.25, 0.3) is 11.8 Å². The normalized spacial score (nSPS) is 16.0. The molecule has 0 spiro atoms. The molecular formula is C17H10ClFO2. The van der Waals surface area contributed by atoms with Crippen LogP contribution in [0.4, 0.5) is 4.39 Å². The zero-order valence-corrected chi connectivity index (χ0v) is 11.6. The van der Waals surface area contributed by atoms with Crippen LogP contribution in [0.15, 0.2) is 60.2 Å². The molecule has 21 heavy (non-hydrogen) atoms. The van der Waals surface area contributed by atoms with Crippen molar-refractivity contribution in [3.63, 3.8) is 0 Å². The highest BCUT2D eigenvalue weighted by molar-refractivity contribution is 6.32. The number of cyclic esters (lactones) is 1. The van der Waals surface area contributed by atoms with Crippen molar-refractivity contribution in [3.8, 4) is 0 Å². The number of hydrogen-bond donors (Lipinski definition) is 0. The van der Waals surface area contributed by atoms with E-state index in [2.05, 4.69) is 0 Å². The molecule has 0 radical (unpaired) electrons. The second kappa shape index (κ2) is 5.54. The number of ether oxygens (including phenoxy) is 1. The van der Waals surface area contributed by atoms with Crippen molar-refractivity contribution >= 4 is 29.4 Å². The van der Waals surface area contributed by atoms with E-state index in [-0.39, 0.29) is 16.2 Å². The summed E-state index contributed by atoms with van der Waals surface area (Å²) in [6.45, 7) is 0. The lowest BCUT2D eigenvalue weighted by Gasteiger charge is -2.01. The molecule has 3 rings (SSSR count). The van der Waals surface area contributed by atoms with E-state index in [0.29, 0.717) is 5.76 Å². The third-order valence-electron chi connectivity index (χ3n) is 3.08. The van der Waals surface area contributed by atoms with Gasteiger partial charge in [-0.15, -0.1) is 0 Å². The maximum Gasteiger partial charge on any atom is 0.343 e. The molecule has 0 N–H and O–H groups in total. The minimum atomic E-state index is -0.520. The molecule has 0 amide bonds. The summed E-state index contributed by atoms with van der Waals surface area (Å²) in [6, 6.07) is 13.6. The number of rotatable bonds is 2. The molecule has 1 aliphatic rings. The highest BCUT2D eigenvalue weighted by atomic mass is 35.5. The van der Waals surface area contributed by atoms with Crippen LogP contribution in [-0.2, 0) is 9.53 Å². The fourth-order valence-electron chi connectivity index (χ4n) is 2.04. The molecule has 0 fully saturated rings. The topological polar surface area (TPSA) is 26.3 Å². The van der Waals surface area contributed by atoms with E-state index in [0.717, 1.165) is 5.56 Å². The lowest BCUT2D eigenvalue weighted by Crippen LogP contribution is -1.97. The highest BCUT2D eigenvalue weighted by Crippen LogP contribution is 2.29. The summed E-state index contributed by atoms with van der Waals surface area (Å²) in [5, 5.41) is 0.247. The molecule has 0 saturated carbocycles. The van der Waals surface area contributed by atoms with Gasteiger partial charge in [0, 0.05) is 11.1 Å². The van der Waals surface area contributed by atoms with Gasteiger partial charge < -0.3 is 4.74 Å². The Morgan fingerprint density at radius 3 is 2.52 bits per heavy atom. The van der Waals surface area contributed by atoms with E-state index >= 15 is 0 Å². The second-order valence-electron chi connectivity index (χ2n) is 4.50. The summed E-state index contributed by atoms with van der Waals surface area (Å²) >= 11 is 5.95. The first-order valence-corrected chi connectivity index (χ1v) is 6.68. The third-order valence-corrected chi connectivity index (χ3v) is 3.41. The van der Waals surface area contributed by atoms with Gasteiger partial charge in [-0.1, -0.05) is 48.0 Å². The Balaban J connectivity index is 2.01. The molecular weight excluding hydrogens is 291 g/mol. The first-order chi connectivity index (χ1) is 10.1. The van der Waals surface area contributed by atoms with Gasteiger partial charge in [-0.25, -0.2) is 9.18 Å². The van der Waals surface area contributed by atoms with Gasteiger partial charge in [0.15, 0.2) is 0 Å². The van der Waals surface area contributed by atoms with E-state index in [9.17, 15) is 9.18 Å². The summed E-state index contributed by atoms with van der Waals surface area (Å²) in [5.74, 6) is -0.558. The first kappa shape index (κ1) is 13.6. The predicted molar refractivity (Wildman–Crippen MR) is 79.9 cm³/mol. The van der Waals surface area contributed by atoms with Gasteiger partial charge in [0.2, 0.25) is 0 Å². The summed E-state index contributed by atoms with van der Waals surface area (Å²) in [4.78, 5) is 11.9. The number of hydrogen-bond acceptors (Lipinski definition) is 2. The fraction of sp³-hybridized carbons (Fsp3) is 0. The number of carbonyl (C=O) groups excluding carboxylic acids is 1. The van der Waals surface area contributed by atoms with Crippen LogP contribution < -0.4 is 0 Å². The van der Waals surface area contributed by atoms with Crippen molar-refractivity contribution in [2.75, 3.05) is 0 Å². The van der Waals surface area contributed by atoms with Crippen LogP contribution in [0.2, 0.25) is 5.02 Å². The standard InChI is InChI=1S/C17H10ClFO2/c18-14-7-4-8-15(19)13(14)9-12-10-16(21-17(12)20)11-5-2-1-3-6-11/h1-10H/b12-9+. The zero-order chi connectivity index (χ0) is 14.8. The summed E-state index contributed by atoms with van der Waals surface area (Å²) < 4.78 is 18.9. The Labute approximate surface area is 126 Å². The molecule has 4 heteroatoms. The Hall–Kier alpha value is -2.39. The van der Waals surface area contributed by atoms with Crippen LogP contribution in [0.3, 0.4) is 0 Å². The quantitative estimate of drug-likeness (QED) is 0.604. The second-order valence-corrected chi connectivity index (χ2v) is 4.91. The summed E-state index contributed by atoms with van der Waals surface area (Å²) in [5.41, 5.74) is 1.23. The molecule has 2 aromatic rings. The highest BCUT2D eigenvalue weighted by Gasteiger charge is 2.22. The van der Waals surface area contributed by atoms with Crippen molar-refractivity contribution in [3.05, 3.63) is 82.1 Å². The molecule has 0 aromatic heterocycles. The Morgan fingerprint density at radius 2 is 1.81 bits per heavy atom. The molecule has 1 heterocycles. The van der Waals surface area contributed by atoms with Gasteiger partial charge in [-0.05, 0) is 24.3 Å². The maximum absolute atomic E-state index is 13.7. The minimum Gasteiger partial charge on any atom is -0.422 e. The molecule has 2 aromatic carbocycles. The lowest BCUT2D eigenvalue weighted by molar-refractivity contribution is -0.130. The van der Waals surface area contributed by atoms with E-state index in [1.165, 1.54) is 18.2 Å². The van der Waals surface area contributed by atoms with Crippen molar-refractivity contribution in [2.24, 2.45) is 0 Å². The molecule has 104 valence electrons. The fourth-order valence-corrected chi connectivity index (χ4v) is 2.26. The Morgan fingerprint density at radius 1 is 1.05 bits per heavy atom. The number of esters is 1. The van der Waals surface area contributed by atoms with Crippen molar-refractivity contribution in [1.29, 1.82) is 0 Å². The van der Waals surface area contributed by atoms with Crippen LogP contribution >= 0.6 is 11.6 Å². The van der Waals surface area contributed by atoms with Crippen LogP contribution in [0.5, 0.6) is 0 Å². The van der Waals surface area contributed by atoms with Crippen molar-refractivity contribution in [2.45, 2.75) is 0 Å². The largest absolute Gasteiger partial charge is 0.422 e. The van der Waals surface area contributed by atoms with Gasteiger partial charge in [-0.3, -0.25) is 0 Å². The first-order valence-electron chi connectivity index (χ1n) is 6.30. The number of benzene rings is 2. The predicted octanol–water partition coefficient (Wildman–Crippen LogP) is 4.46. The van der Waals surface area contributed by atoms with Gasteiger partial charge >= 0.3 is 5.97 Å².